The summed E-state index contributed by atoms with van der Waals surface area (Å²) in [5, 5.41) is 10.3. The SMILES string of the molecule is O=C(/C=C/c1ccccc1)N1CCC[C@@]12CCC[C@H]2O. The number of carbonyl (C=O) groups is 1. The first kappa shape index (κ1) is 13.4. The molecule has 0 aromatic heterocycles. The van der Waals surface area contributed by atoms with Crippen LogP contribution in [0.4, 0.5) is 0 Å². The summed E-state index contributed by atoms with van der Waals surface area (Å²) in [5.41, 5.74) is 0.749. The molecule has 1 saturated heterocycles. The van der Waals surface area contributed by atoms with Gasteiger partial charge < -0.3 is 10.0 Å². The molecule has 3 nitrogen and oxygen atoms in total. The molecule has 0 radical (unpaired) electrons. The van der Waals surface area contributed by atoms with E-state index in [-0.39, 0.29) is 17.6 Å². The Balaban J connectivity index is 1.75. The summed E-state index contributed by atoms with van der Waals surface area (Å²) < 4.78 is 0. The van der Waals surface area contributed by atoms with Crippen LogP contribution in [0.1, 0.15) is 37.7 Å². The van der Waals surface area contributed by atoms with E-state index in [1.807, 2.05) is 41.3 Å². The Labute approximate surface area is 119 Å². The van der Waals surface area contributed by atoms with E-state index < -0.39 is 0 Å². The molecule has 2 aliphatic rings. The summed E-state index contributed by atoms with van der Waals surface area (Å²) in [5.74, 6) is 0.0345. The molecule has 3 rings (SSSR count). The van der Waals surface area contributed by atoms with E-state index in [2.05, 4.69) is 0 Å². The predicted octanol–water partition coefficient (Wildman–Crippen LogP) is 2.61. The van der Waals surface area contributed by atoms with Gasteiger partial charge in [0.25, 0.3) is 0 Å². The summed E-state index contributed by atoms with van der Waals surface area (Å²) in [6.45, 7) is 0.773. The molecule has 1 aromatic carbocycles. The zero-order valence-corrected chi connectivity index (χ0v) is 11.7. The summed E-state index contributed by atoms with van der Waals surface area (Å²) in [7, 11) is 0. The first-order valence-corrected chi connectivity index (χ1v) is 7.45. The highest BCUT2D eigenvalue weighted by atomic mass is 16.3. The second-order valence-corrected chi connectivity index (χ2v) is 5.85. The van der Waals surface area contributed by atoms with Crippen molar-refractivity contribution in [2.24, 2.45) is 0 Å². The van der Waals surface area contributed by atoms with Gasteiger partial charge in [0.2, 0.25) is 5.91 Å². The predicted molar refractivity (Wildman–Crippen MR) is 79.0 cm³/mol. The van der Waals surface area contributed by atoms with Crippen molar-refractivity contribution >= 4 is 12.0 Å². The highest BCUT2D eigenvalue weighted by Crippen LogP contribution is 2.43. The van der Waals surface area contributed by atoms with Crippen LogP contribution in [0, 0.1) is 0 Å². The fraction of sp³-hybridized carbons (Fsp3) is 0.471. The molecule has 0 bridgehead atoms. The maximum absolute atomic E-state index is 12.5. The molecule has 1 N–H and O–H groups in total. The van der Waals surface area contributed by atoms with E-state index in [0.29, 0.717) is 0 Å². The van der Waals surface area contributed by atoms with E-state index in [1.54, 1.807) is 6.08 Å². The molecule has 106 valence electrons. The monoisotopic (exact) mass is 271 g/mol. The molecule has 1 heterocycles. The Morgan fingerprint density at radius 2 is 2.00 bits per heavy atom. The third-order valence-electron chi connectivity index (χ3n) is 4.72. The first-order valence-electron chi connectivity index (χ1n) is 7.45. The lowest BCUT2D eigenvalue weighted by molar-refractivity contribution is -0.133. The van der Waals surface area contributed by atoms with Gasteiger partial charge in [-0.05, 0) is 43.7 Å². The Morgan fingerprint density at radius 1 is 1.25 bits per heavy atom. The number of aliphatic hydroxyl groups excluding tert-OH is 1. The molecule has 1 aromatic rings. The van der Waals surface area contributed by atoms with Crippen LogP contribution in [-0.2, 0) is 4.79 Å². The number of nitrogens with zero attached hydrogens (tertiary/aromatic N) is 1. The molecular weight excluding hydrogens is 250 g/mol. The van der Waals surface area contributed by atoms with Gasteiger partial charge in [0, 0.05) is 12.6 Å². The third kappa shape index (κ3) is 2.27. The van der Waals surface area contributed by atoms with Crippen LogP contribution in [0.15, 0.2) is 36.4 Å². The maximum Gasteiger partial charge on any atom is 0.247 e. The molecule has 1 spiro atoms. The standard InChI is InChI=1S/C17H21NO2/c19-15-8-4-11-17(15)12-5-13-18(17)16(20)10-9-14-6-2-1-3-7-14/h1-3,6-7,9-10,15,19H,4-5,8,11-13H2/b10-9+/t15-,17-/m1/s1. The number of benzene rings is 1. The highest BCUT2D eigenvalue weighted by Gasteiger charge is 2.50. The second-order valence-electron chi connectivity index (χ2n) is 5.85. The minimum absolute atomic E-state index is 0.0345. The molecule has 1 saturated carbocycles. The number of likely N-dealkylation sites (tertiary alicyclic amines) is 1. The molecule has 1 aliphatic carbocycles. The van der Waals surface area contributed by atoms with Gasteiger partial charge in [-0.1, -0.05) is 30.3 Å². The van der Waals surface area contributed by atoms with Gasteiger partial charge in [0.1, 0.15) is 0 Å². The fourth-order valence-corrected chi connectivity index (χ4v) is 3.70. The lowest BCUT2D eigenvalue weighted by Gasteiger charge is -2.37. The van der Waals surface area contributed by atoms with Crippen LogP contribution in [0.3, 0.4) is 0 Å². The molecule has 1 amide bonds. The van der Waals surface area contributed by atoms with E-state index >= 15 is 0 Å². The fourth-order valence-electron chi connectivity index (χ4n) is 3.70. The minimum Gasteiger partial charge on any atom is -0.391 e. The molecular formula is C17H21NO2. The quantitative estimate of drug-likeness (QED) is 0.840. The van der Waals surface area contributed by atoms with Crippen molar-refractivity contribution in [3.63, 3.8) is 0 Å². The lowest BCUT2D eigenvalue weighted by Crippen LogP contribution is -2.51. The molecule has 20 heavy (non-hydrogen) atoms. The number of rotatable bonds is 2. The minimum atomic E-state index is -0.348. The van der Waals surface area contributed by atoms with Crippen LogP contribution >= 0.6 is 0 Å². The average molecular weight is 271 g/mol. The molecule has 3 heteroatoms. The zero-order chi connectivity index (χ0) is 14.0. The van der Waals surface area contributed by atoms with Gasteiger partial charge in [-0.15, -0.1) is 0 Å². The first-order chi connectivity index (χ1) is 9.72. The maximum atomic E-state index is 12.5. The number of amides is 1. The van der Waals surface area contributed by atoms with Gasteiger partial charge in [-0.25, -0.2) is 0 Å². The molecule has 2 fully saturated rings. The summed E-state index contributed by atoms with van der Waals surface area (Å²) in [6, 6.07) is 9.84. The van der Waals surface area contributed by atoms with E-state index in [9.17, 15) is 9.90 Å². The number of hydrogen-bond donors (Lipinski definition) is 1. The van der Waals surface area contributed by atoms with Gasteiger partial charge in [-0.2, -0.15) is 0 Å². The number of hydrogen-bond acceptors (Lipinski definition) is 2. The van der Waals surface area contributed by atoms with Crippen molar-refractivity contribution in [1.82, 2.24) is 4.90 Å². The Kier molecular flexibility index (Phi) is 3.62. The molecule has 1 aliphatic heterocycles. The van der Waals surface area contributed by atoms with Crippen molar-refractivity contribution in [3.8, 4) is 0 Å². The number of aliphatic hydroxyl groups is 1. The van der Waals surface area contributed by atoms with Gasteiger partial charge in [-0.3, -0.25) is 4.79 Å². The third-order valence-corrected chi connectivity index (χ3v) is 4.72. The van der Waals surface area contributed by atoms with Crippen LogP contribution < -0.4 is 0 Å². The lowest BCUT2D eigenvalue weighted by atomic mass is 9.91. The Bertz CT molecular complexity index is 507. The van der Waals surface area contributed by atoms with Crippen LogP contribution in [0.25, 0.3) is 6.08 Å². The van der Waals surface area contributed by atoms with Crippen molar-refractivity contribution < 1.29 is 9.90 Å². The van der Waals surface area contributed by atoms with Crippen LogP contribution in [0.5, 0.6) is 0 Å². The van der Waals surface area contributed by atoms with Crippen LogP contribution in [0.2, 0.25) is 0 Å². The summed E-state index contributed by atoms with van der Waals surface area (Å²) in [4.78, 5) is 14.4. The average Bonchev–Trinajstić information content (AvgIpc) is 3.06. The van der Waals surface area contributed by atoms with E-state index in [1.165, 1.54) is 0 Å². The largest absolute Gasteiger partial charge is 0.391 e. The van der Waals surface area contributed by atoms with Gasteiger partial charge in [0.05, 0.1) is 11.6 Å². The Hall–Kier alpha value is -1.61. The van der Waals surface area contributed by atoms with Crippen LogP contribution in [-0.4, -0.2) is 34.1 Å². The van der Waals surface area contributed by atoms with Crippen molar-refractivity contribution in [1.29, 1.82) is 0 Å². The van der Waals surface area contributed by atoms with Crippen molar-refractivity contribution in [2.45, 2.75) is 43.7 Å². The molecule has 0 unspecified atom stereocenters. The molecule has 2 atom stereocenters. The topological polar surface area (TPSA) is 40.5 Å². The smallest absolute Gasteiger partial charge is 0.247 e. The van der Waals surface area contributed by atoms with Crippen molar-refractivity contribution in [3.05, 3.63) is 42.0 Å². The van der Waals surface area contributed by atoms with E-state index in [0.717, 1.165) is 44.2 Å². The normalized spacial score (nSPS) is 29.6. The highest BCUT2D eigenvalue weighted by molar-refractivity contribution is 5.92. The van der Waals surface area contributed by atoms with Crippen molar-refractivity contribution in [2.75, 3.05) is 6.54 Å². The Morgan fingerprint density at radius 3 is 2.70 bits per heavy atom. The van der Waals surface area contributed by atoms with Gasteiger partial charge >= 0.3 is 0 Å². The second kappa shape index (κ2) is 5.41. The zero-order valence-electron chi connectivity index (χ0n) is 11.7. The number of carbonyl (C=O) groups excluding carboxylic acids is 1. The van der Waals surface area contributed by atoms with E-state index in [4.69, 9.17) is 0 Å². The summed E-state index contributed by atoms with van der Waals surface area (Å²) >= 11 is 0. The van der Waals surface area contributed by atoms with Gasteiger partial charge in [0.15, 0.2) is 0 Å². The summed E-state index contributed by atoms with van der Waals surface area (Å²) in [6.07, 6.45) is 7.89.